The minimum absolute atomic E-state index is 0.214. The molecule has 3 N–H and O–H groups in total. The largest absolute Gasteiger partial charge is 0.497 e. The summed E-state index contributed by atoms with van der Waals surface area (Å²) in [4.78, 5) is 15.1. The quantitative estimate of drug-likeness (QED) is 0.731. The minimum Gasteiger partial charge on any atom is -0.497 e. The zero-order valence-corrected chi connectivity index (χ0v) is 13.0. The number of rotatable bonds is 7. The highest BCUT2D eigenvalue weighted by Crippen LogP contribution is 2.21. The maximum atomic E-state index is 12.1. The smallest absolute Gasteiger partial charge is 0.267 e. The molecule has 114 valence electrons. The fourth-order valence-corrected chi connectivity index (χ4v) is 2.52. The first-order chi connectivity index (χ1) is 10.1. The SMILES string of the molecule is COc1ccc2cc(C(=O)NCC(O)CCSC)[nH]c2c1. The summed E-state index contributed by atoms with van der Waals surface area (Å²) in [5.41, 5.74) is 1.33. The van der Waals surface area contributed by atoms with E-state index in [1.165, 1.54) is 0 Å². The molecule has 5 nitrogen and oxygen atoms in total. The first-order valence-electron chi connectivity index (χ1n) is 6.76. The highest BCUT2D eigenvalue weighted by atomic mass is 32.2. The van der Waals surface area contributed by atoms with Crippen molar-refractivity contribution in [3.05, 3.63) is 30.0 Å². The number of carbonyl (C=O) groups is 1. The molecule has 6 heteroatoms. The van der Waals surface area contributed by atoms with Gasteiger partial charge >= 0.3 is 0 Å². The van der Waals surface area contributed by atoms with Crippen molar-refractivity contribution in [1.29, 1.82) is 0 Å². The third-order valence-corrected chi connectivity index (χ3v) is 3.87. The fourth-order valence-electron chi connectivity index (χ4n) is 2.02. The molecule has 0 aliphatic rings. The number of aromatic nitrogens is 1. The molecule has 0 saturated carbocycles. The lowest BCUT2D eigenvalue weighted by Gasteiger charge is -2.10. The zero-order chi connectivity index (χ0) is 15.2. The van der Waals surface area contributed by atoms with Gasteiger partial charge < -0.3 is 20.1 Å². The molecule has 0 radical (unpaired) electrons. The molecule has 1 aromatic heterocycles. The van der Waals surface area contributed by atoms with Gasteiger partial charge in [-0.1, -0.05) is 0 Å². The van der Waals surface area contributed by atoms with E-state index >= 15 is 0 Å². The van der Waals surface area contributed by atoms with Crippen molar-refractivity contribution in [3.8, 4) is 5.75 Å². The second-order valence-electron chi connectivity index (χ2n) is 4.78. The molecular weight excluding hydrogens is 288 g/mol. The summed E-state index contributed by atoms with van der Waals surface area (Å²) in [6.45, 7) is 0.262. The van der Waals surface area contributed by atoms with E-state index in [1.807, 2.05) is 24.5 Å². The number of hydrogen-bond acceptors (Lipinski definition) is 4. The van der Waals surface area contributed by atoms with Gasteiger partial charge in [0.25, 0.3) is 5.91 Å². The van der Waals surface area contributed by atoms with Crippen molar-refractivity contribution in [1.82, 2.24) is 10.3 Å². The molecule has 0 aliphatic carbocycles. The number of thioether (sulfide) groups is 1. The van der Waals surface area contributed by atoms with E-state index in [2.05, 4.69) is 10.3 Å². The first kappa shape index (κ1) is 15.7. The zero-order valence-electron chi connectivity index (χ0n) is 12.2. The summed E-state index contributed by atoms with van der Waals surface area (Å²) in [5, 5.41) is 13.4. The molecular formula is C15H20N2O3S. The van der Waals surface area contributed by atoms with Gasteiger partial charge in [0, 0.05) is 23.5 Å². The third kappa shape index (κ3) is 4.15. The molecule has 1 heterocycles. The highest BCUT2D eigenvalue weighted by molar-refractivity contribution is 7.98. The van der Waals surface area contributed by atoms with E-state index in [4.69, 9.17) is 4.74 Å². The van der Waals surface area contributed by atoms with Crippen molar-refractivity contribution in [2.45, 2.75) is 12.5 Å². The number of benzene rings is 1. The Labute approximate surface area is 128 Å². The van der Waals surface area contributed by atoms with E-state index in [1.54, 1.807) is 24.9 Å². The Morgan fingerprint density at radius 3 is 3.00 bits per heavy atom. The number of amides is 1. The van der Waals surface area contributed by atoms with E-state index < -0.39 is 6.10 Å². The molecule has 2 aromatic rings. The Balaban J connectivity index is 1.99. The number of methoxy groups -OCH3 is 1. The van der Waals surface area contributed by atoms with E-state index in [9.17, 15) is 9.90 Å². The van der Waals surface area contributed by atoms with Gasteiger partial charge in [-0.15, -0.1) is 0 Å². The molecule has 1 atom stereocenters. The Bertz CT molecular complexity index is 612. The predicted molar refractivity (Wildman–Crippen MR) is 86.2 cm³/mol. The van der Waals surface area contributed by atoms with Gasteiger partial charge in [-0.3, -0.25) is 4.79 Å². The summed E-state index contributed by atoms with van der Waals surface area (Å²) in [6, 6.07) is 7.39. The molecule has 0 saturated heterocycles. The summed E-state index contributed by atoms with van der Waals surface area (Å²) >= 11 is 1.68. The van der Waals surface area contributed by atoms with Gasteiger partial charge in [-0.25, -0.2) is 0 Å². The molecule has 0 fully saturated rings. The van der Waals surface area contributed by atoms with Crippen LogP contribution in [0.3, 0.4) is 0 Å². The minimum atomic E-state index is -0.508. The Morgan fingerprint density at radius 2 is 2.29 bits per heavy atom. The van der Waals surface area contributed by atoms with Crippen LogP contribution in [-0.2, 0) is 0 Å². The van der Waals surface area contributed by atoms with Crippen LogP contribution < -0.4 is 10.1 Å². The van der Waals surface area contributed by atoms with Crippen LogP contribution in [0.15, 0.2) is 24.3 Å². The second kappa shape index (κ2) is 7.38. The van der Waals surface area contributed by atoms with Gasteiger partial charge in [-0.05, 0) is 36.6 Å². The number of aliphatic hydroxyl groups excluding tert-OH is 1. The monoisotopic (exact) mass is 308 g/mol. The Morgan fingerprint density at radius 1 is 1.48 bits per heavy atom. The average Bonchev–Trinajstić information content (AvgIpc) is 2.93. The normalized spacial score (nSPS) is 12.3. The summed E-state index contributed by atoms with van der Waals surface area (Å²) in [6.07, 6.45) is 2.15. The van der Waals surface area contributed by atoms with Crippen LogP contribution in [0, 0.1) is 0 Å². The van der Waals surface area contributed by atoms with Crippen LogP contribution in [-0.4, -0.2) is 47.8 Å². The van der Waals surface area contributed by atoms with Crippen LogP contribution in [0.4, 0.5) is 0 Å². The number of aromatic amines is 1. The summed E-state index contributed by atoms with van der Waals surface area (Å²) < 4.78 is 5.15. The topological polar surface area (TPSA) is 74.3 Å². The summed E-state index contributed by atoms with van der Waals surface area (Å²) in [5.74, 6) is 1.40. The number of fused-ring (bicyclic) bond motifs is 1. The number of carbonyl (C=O) groups excluding carboxylic acids is 1. The molecule has 2 rings (SSSR count). The van der Waals surface area contributed by atoms with Gasteiger partial charge in [0.15, 0.2) is 0 Å². The number of ether oxygens (including phenoxy) is 1. The van der Waals surface area contributed by atoms with Crippen molar-refractivity contribution < 1.29 is 14.6 Å². The maximum Gasteiger partial charge on any atom is 0.267 e. The fraction of sp³-hybridized carbons (Fsp3) is 0.400. The number of hydrogen-bond donors (Lipinski definition) is 3. The van der Waals surface area contributed by atoms with Crippen LogP contribution in [0.1, 0.15) is 16.9 Å². The first-order valence-corrected chi connectivity index (χ1v) is 8.15. The van der Waals surface area contributed by atoms with E-state index in [-0.39, 0.29) is 12.5 Å². The van der Waals surface area contributed by atoms with Crippen LogP contribution in [0.25, 0.3) is 10.9 Å². The molecule has 1 aromatic carbocycles. The maximum absolute atomic E-state index is 12.1. The lowest BCUT2D eigenvalue weighted by molar-refractivity contribution is 0.0910. The Hall–Kier alpha value is -1.66. The van der Waals surface area contributed by atoms with Crippen molar-refractivity contribution in [2.75, 3.05) is 25.7 Å². The van der Waals surface area contributed by atoms with Gasteiger partial charge in [0.1, 0.15) is 11.4 Å². The molecule has 21 heavy (non-hydrogen) atoms. The van der Waals surface area contributed by atoms with Gasteiger partial charge in [-0.2, -0.15) is 11.8 Å². The standard InChI is InChI=1S/C15H20N2O3S/c1-20-12-4-3-10-7-14(17-13(10)8-12)15(19)16-9-11(18)5-6-21-2/h3-4,7-8,11,17-18H,5-6,9H2,1-2H3,(H,16,19). The lowest BCUT2D eigenvalue weighted by Crippen LogP contribution is -2.32. The van der Waals surface area contributed by atoms with Gasteiger partial charge in [0.2, 0.25) is 0 Å². The Kier molecular flexibility index (Phi) is 5.52. The molecule has 0 spiro atoms. The van der Waals surface area contributed by atoms with E-state index in [0.29, 0.717) is 12.1 Å². The number of nitrogens with one attached hydrogen (secondary N) is 2. The predicted octanol–water partition coefficient (Wildman–Crippen LogP) is 2.02. The van der Waals surface area contributed by atoms with Crippen molar-refractivity contribution in [2.24, 2.45) is 0 Å². The molecule has 1 amide bonds. The van der Waals surface area contributed by atoms with Crippen molar-refractivity contribution in [3.63, 3.8) is 0 Å². The molecule has 0 aliphatic heterocycles. The third-order valence-electron chi connectivity index (χ3n) is 3.23. The van der Waals surface area contributed by atoms with Crippen LogP contribution in [0.5, 0.6) is 5.75 Å². The molecule has 1 unspecified atom stereocenters. The van der Waals surface area contributed by atoms with Crippen LogP contribution >= 0.6 is 11.8 Å². The summed E-state index contributed by atoms with van der Waals surface area (Å²) in [7, 11) is 1.60. The van der Waals surface area contributed by atoms with E-state index in [0.717, 1.165) is 22.4 Å². The molecule has 0 bridgehead atoms. The second-order valence-corrected chi connectivity index (χ2v) is 5.77. The average molecular weight is 308 g/mol. The van der Waals surface area contributed by atoms with Crippen LogP contribution in [0.2, 0.25) is 0 Å². The lowest BCUT2D eigenvalue weighted by atomic mass is 10.2. The van der Waals surface area contributed by atoms with Crippen molar-refractivity contribution >= 4 is 28.6 Å². The number of aliphatic hydroxyl groups is 1. The van der Waals surface area contributed by atoms with Gasteiger partial charge in [0.05, 0.1) is 13.2 Å². The number of H-pyrrole nitrogens is 1. The highest BCUT2D eigenvalue weighted by Gasteiger charge is 2.11.